The van der Waals surface area contributed by atoms with Crippen molar-refractivity contribution in [1.29, 1.82) is 0 Å². The van der Waals surface area contributed by atoms with Gasteiger partial charge < -0.3 is 4.42 Å². The molecule has 2 aliphatic heterocycles. The number of aryl methyl sites for hydroxylation is 1. The molecule has 5 heterocycles. The van der Waals surface area contributed by atoms with Gasteiger partial charge >= 0.3 is 5.66 Å². The van der Waals surface area contributed by atoms with Crippen molar-refractivity contribution in [1.82, 2.24) is 0 Å². The van der Waals surface area contributed by atoms with E-state index in [4.69, 9.17) is 8.53 Å². The van der Waals surface area contributed by atoms with Crippen molar-refractivity contribution in [2.45, 2.75) is 59.3 Å². The quantitative estimate of drug-likeness (QED) is 0.0989. The summed E-state index contributed by atoms with van der Waals surface area (Å²) in [7, 11) is -1.85. The average molecular weight is 722 g/mol. The molecule has 0 radical (unpaired) electrons. The first-order valence-corrected chi connectivity index (χ1v) is 22.4. The summed E-state index contributed by atoms with van der Waals surface area (Å²) in [6.45, 7) is 9.93. The van der Waals surface area contributed by atoms with Crippen LogP contribution in [0, 0.1) is 12.3 Å². The van der Waals surface area contributed by atoms with Gasteiger partial charge in [-0.2, -0.15) is 0 Å². The number of benzene rings is 6. The highest BCUT2D eigenvalue weighted by molar-refractivity contribution is 6.88. The smallest absolute Gasteiger partial charge is 0.417 e. The van der Waals surface area contributed by atoms with E-state index in [1.807, 2.05) is 26.8 Å². The van der Waals surface area contributed by atoms with Crippen molar-refractivity contribution < 1.29 is 20.4 Å². The van der Waals surface area contributed by atoms with Crippen LogP contribution in [-0.4, -0.2) is 8.07 Å². The van der Waals surface area contributed by atoms with Gasteiger partial charge in [-0.05, 0) is 81.5 Å². The minimum atomic E-state index is -2.60. The molecule has 0 amide bonds. The van der Waals surface area contributed by atoms with Crippen LogP contribution in [0.15, 0.2) is 132 Å². The molecule has 0 fully saturated rings. The highest BCUT2D eigenvalue weighted by atomic mass is 28.3. The summed E-state index contributed by atoms with van der Waals surface area (Å²) in [5.74, 6) is 0. The Hall–Kier alpha value is -5.58. The summed E-state index contributed by atoms with van der Waals surface area (Å²) >= 11 is 0. The molecule has 9 aromatic rings. The van der Waals surface area contributed by atoms with Gasteiger partial charge in [0.05, 0.1) is 13.6 Å². The second kappa shape index (κ2) is 10.5. The fraction of sp³-hybridized carbons (Fsp3) is 0.200. The third-order valence-corrected chi connectivity index (χ3v) is 13.9. The molecular formula is C50H44N2OSi+2. The van der Waals surface area contributed by atoms with E-state index in [-0.39, 0.29) is 11.1 Å². The lowest BCUT2D eigenvalue weighted by molar-refractivity contribution is -0.954. The largest absolute Gasteiger partial charge is 0.454 e. The summed E-state index contributed by atoms with van der Waals surface area (Å²) < 4.78 is 57.8. The van der Waals surface area contributed by atoms with Gasteiger partial charge in [-0.1, -0.05) is 113 Å². The van der Waals surface area contributed by atoms with Crippen LogP contribution in [0.1, 0.15) is 49.9 Å². The predicted molar refractivity (Wildman–Crippen MR) is 226 cm³/mol. The summed E-state index contributed by atoms with van der Waals surface area (Å²) in [5.41, 5.74) is 5.37. The second-order valence-corrected chi connectivity index (χ2v) is 22.4. The van der Waals surface area contributed by atoms with Gasteiger partial charge in [0.25, 0.3) is 0 Å². The maximum atomic E-state index is 9.59. The van der Waals surface area contributed by atoms with Crippen molar-refractivity contribution in [3.05, 3.63) is 150 Å². The summed E-state index contributed by atoms with van der Waals surface area (Å²) in [6, 6.07) is 40.6. The van der Waals surface area contributed by atoms with E-state index < -0.39 is 32.4 Å². The molecule has 3 aromatic heterocycles. The van der Waals surface area contributed by atoms with E-state index in [2.05, 4.69) is 144 Å². The topological polar surface area (TPSA) is 20.9 Å². The van der Waals surface area contributed by atoms with Crippen molar-refractivity contribution in [2.75, 3.05) is 0 Å². The minimum Gasteiger partial charge on any atom is -0.454 e. The zero-order valence-electron chi connectivity index (χ0n) is 36.4. The first kappa shape index (κ1) is 27.1. The Labute approximate surface area is 324 Å². The Bertz CT molecular complexity index is 3300. The molecule has 4 heteroatoms. The van der Waals surface area contributed by atoms with Crippen LogP contribution in [-0.2, 0) is 12.0 Å². The molecule has 6 aromatic carbocycles. The van der Waals surface area contributed by atoms with E-state index in [9.17, 15) is 2.74 Å². The molecule has 0 N–H and O–H groups in total. The maximum Gasteiger partial charge on any atom is 0.417 e. The van der Waals surface area contributed by atoms with Crippen LogP contribution in [0.5, 0.6) is 0 Å². The highest BCUT2D eigenvalue weighted by Gasteiger charge is 2.67. The third kappa shape index (κ3) is 4.07. The monoisotopic (exact) mass is 721 g/mol. The zero-order chi connectivity index (χ0) is 41.2. The Kier molecular flexibility index (Phi) is 5.29. The van der Waals surface area contributed by atoms with E-state index >= 15 is 0 Å². The van der Waals surface area contributed by atoms with E-state index in [1.165, 1.54) is 10.6 Å². The third-order valence-electron chi connectivity index (χ3n) is 11.8. The van der Waals surface area contributed by atoms with Crippen LogP contribution < -0.4 is 14.3 Å². The van der Waals surface area contributed by atoms with Crippen LogP contribution in [0.4, 0.5) is 0 Å². The number of nitrogens with zero attached hydrogens (tertiary/aromatic N) is 2. The maximum absolute atomic E-state index is 9.59. The number of hydrogen-bond donors (Lipinski definition) is 0. The number of rotatable bonds is 2. The normalized spacial score (nSPS) is 18.1. The molecule has 54 heavy (non-hydrogen) atoms. The van der Waals surface area contributed by atoms with Gasteiger partial charge in [0.1, 0.15) is 27.9 Å². The molecular weight excluding hydrogens is 673 g/mol. The first-order valence-electron chi connectivity index (χ1n) is 21.4. The van der Waals surface area contributed by atoms with Gasteiger partial charge in [-0.25, -0.2) is 0 Å². The molecule has 1 unspecified atom stereocenters. The fourth-order valence-corrected chi connectivity index (χ4v) is 10.7. The molecule has 0 aliphatic carbocycles. The standard InChI is InChI=1S/C50H44N2OSi/c1-30-28-51-44(26-31(30)27-49(2,3)4)46-42(50(51)41-19-13-12-18-40(41)43-25-20-32(29-52(43)50)54(5,6)7)24-23-39-38-22-21-37-35-16-9-8-14-33(35)34-15-10-11-17-36(34)45(37)47(38)53-48(39)46/h8-26,28-29H,27H2,1-7H3/q+2/i1D3,27D2. The SMILES string of the molecule is [2H]C([2H])([2H])c1c[n+]2c(cc1C([2H])([2H])C(C)(C)C)-c1c(ccc3c1oc1c3ccc3c4ccccc4c4ccccc4c31)C21c2ccccc2-c2ccc([Si](C)(C)C)c[n+]21. The zero-order valence-corrected chi connectivity index (χ0v) is 32.4. The van der Waals surface area contributed by atoms with E-state index in [0.29, 0.717) is 11.3 Å². The second-order valence-electron chi connectivity index (χ2n) is 17.3. The highest BCUT2D eigenvalue weighted by Crippen LogP contribution is 2.52. The van der Waals surface area contributed by atoms with Crippen molar-refractivity contribution >= 4 is 67.5 Å². The number of furan rings is 1. The van der Waals surface area contributed by atoms with Crippen molar-refractivity contribution in [2.24, 2.45) is 5.41 Å². The number of pyridine rings is 2. The Balaban J connectivity index is 1.36. The van der Waals surface area contributed by atoms with Crippen LogP contribution in [0.3, 0.4) is 0 Å². The van der Waals surface area contributed by atoms with Gasteiger partial charge in [0, 0.05) is 45.9 Å². The molecule has 1 atom stereocenters. The Morgan fingerprint density at radius 2 is 1.26 bits per heavy atom. The van der Waals surface area contributed by atoms with Gasteiger partial charge in [0.2, 0.25) is 11.4 Å². The first-order chi connectivity index (χ1) is 27.9. The number of aromatic nitrogens is 2. The van der Waals surface area contributed by atoms with Gasteiger partial charge in [-0.3, -0.25) is 0 Å². The van der Waals surface area contributed by atoms with Gasteiger partial charge in [0.15, 0.2) is 12.4 Å². The van der Waals surface area contributed by atoms with Crippen LogP contribution in [0.2, 0.25) is 19.6 Å². The molecule has 0 saturated carbocycles. The predicted octanol–water partition coefficient (Wildman–Crippen LogP) is 11.3. The number of hydrogen-bond acceptors (Lipinski definition) is 1. The molecule has 11 rings (SSSR count). The van der Waals surface area contributed by atoms with Crippen LogP contribution >= 0.6 is 0 Å². The molecule has 262 valence electrons. The van der Waals surface area contributed by atoms with E-state index in [1.54, 1.807) is 6.20 Å². The molecule has 3 nitrogen and oxygen atoms in total. The molecule has 1 spiro atoms. The van der Waals surface area contributed by atoms with Crippen LogP contribution in [0.25, 0.3) is 76.8 Å². The Morgan fingerprint density at radius 3 is 1.98 bits per heavy atom. The minimum absolute atomic E-state index is 0.00595. The average Bonchev–Trinajstić information content (AvgIpc) is 3.82. The molecule has 2 aliphatic rings. The fourth-order valence-electron chi connectivity index (χ4n) is 9.57. The summed E-state index contributed by atoms with van der Waals surface area (Å²) in [6.07, 6.45) is 2.03. The van der Waals surface area contributed by atoms with E-state index in [0.717, 1.165) is 71.2 Å². The summed E-state index contributed by atoms with van der Waals surface area (Å²) in [5, 5.41) is 10.0. The molecule has 0 saturated heterocycles. The number of fused-ring (bicyclic) bond motifs is 21. The van der Waals surface area contributed by atoms with Gasteiger partial charge in [-0.15, -0.1) is 9.13 Å². The van der Waals surface area contributed by atoms with Crippen molar-refractivity contribution in [3.8, 4) is 22.5 Å². The lowest BCUT2D eigenvalue weighted by Crippen LogP contribution is -2.72. The van der Waals surface area contributed by atoms with Crippen molar-refractivity contribution in [3.63, 3.8) is 0 Å². The molecule has 0 bridgehead atoms. The lowest BCUT2D eigenvalue weighted by atomic mass is 9.86. The summed E-state index contributed by atoms with van der Waals surface area (Å²) in [4.78, 5) is 0. The Morgan fingerprint density at radius 1 is 0.648 bits per heavy atom. The lowest BCUT2D eigenvalue weighted by Gasteiger charge is -2.21.